The predicted molar refractivity (Wildman–Crippen MR) is 162 cm³/mol. The van der Waals surface area contributed by atoms with E-state index in [9.17, 15) is 10.2 Å². The maximum Gasteiger partial charge on any atom is 0.127 e. The van der Waals surface area contributed by atoms with E-state index in [2.05, 4.69) is 114 Å². The zero-order valence-electron chi connectivity index (χ0n) is 24.2. The summed E-state index contributed by atoms with van der Waals surface area (Å²) in [5, 5.41) is 23.7. The Hall–Kier alpha value is -3.52. The van der Waals surface area contributed by atoms with E-state index in [4.69, 9.17) is 0 Å². The molecule has 0 atom stereocenters. The molecule has 0 radical (unpaired) electrons. The standard InChI is InChI=1S/C37H40O2/c1-35(2,3)27-13-7-23(8-14-27)29-17-11-25-19-21-37(31(25)33(29)38)22-20-26-12-18-30(34(39)32(26)37)24-9-15-28(16-10-24)36(4,5)6/h7-18,38-39H,19-22H2,1-6H3. The van der Waals surface area contributed by atoms with Crippen molar-refractivity contribution in [3.63, 3.8) is 0 Å². The van der Waals surface area contributed by atoms with Gasteiger partial charge in [-0.05, 0) is 69.9 Å². The molecule has 0 saturated carbocycles. The number of aromatic hydroxyl groups is 2. The third kappa shape index (κ3) is 4.07. The summed E-state index contributed by atoms with van der Waals surface area (Å²) in [5.74, 6) is 0.751. The van der Waals surface area contributed by atoms with Crippen LogP contribution in [0.1, 0.15) is 87.8 Å². The Morgan fingerprint density at radius 3 is 1.21 bits per heavy atom. The maximum absolute atomic E-state index is 11.8. The van der Waals surface area contributed by atoms with Crippen LogP contribution in [0.2, 0.25) is 0 Å². The number of phenolic OH excluding ortho intramolecular Hbond substituents is 2. The molecule has 0 unspecified atom stereocenters. The molecule has 2 aliphatic rings. The van der Waals surface area contributed by atoms with Crippen LogP contribution in [0.15, 0.2) is 72.8 Å². The molecule has 2 nitrogen and oxygen atoms in total. The van der Waals surface area contributed by atoms with Crippen LogP contribution in [-0.2, 0) is 29.1 Å². The van der Waals surface area contributed by atoms with Crippen LogP contribution in [0.3, 0.4) is 0 Å². The molecule has 6 rings (SSSR count). The summed E-state index contributed by atoms with van der Waals surface area (Å²) < 4.78 is 0. The van der Waals surface area contributed by atoms with Gasteiger partial charge in [0.2, 0.25) is 0 Å². The summed E-state index contributed by atoms with van der Waals surface area (Å²) in [6, 6.07) is 25.7. The van der Waals surface area contributed by atoms with Crippen molar-refractivity contribution in [2.24, 2.45) is 0 Å². The summed E-state index contributed by atoms with van der Waals surface area (Å²) in [5.41, 5.74) is 10.6. The minimum absolute atomic E-state index is 0.0818. The van der Waals surface area contributed by atoms with Gasteiger partial charge >= 0.3 is 0 Å². The van der Waals surface area contributed by atoms with Gasteiger partial charge in [0.05, 0.1) is 0 Å². The number of hydrogen-bond donors (Lipinski definition) is 2. The molecule has 0 heterocycles. The topological polar surface area (TPSA) is 40.5 Å². The lowest BCUT2D eigenvalue weighted by Crippen LogP contribution is -2.21. The third-order valence-electron chi connectivity index (χ3n) is 9.25. The fourth-order valence-corrected chi connectivity index (χ4v) is 6.96. The number of aryl methyl sites for hydroxylation is 2. The molecule has 4 aromatic rings. The van der Waals surface area contributed by atoms with Crippen LogP contribution < -0.4 is 0 Å². The fraction of sp³-hybridized carbons (Fsp3) is 0.351. The van der Waals surface area contributed by atoms with E-state index < -0.39 is 0 Å². The number of phenols is 2. The number of hydrogen-bond acceptors (Lipinski definition) is 2. The SMILES string of the molecule is CC(C)(C)c1ccc(-c2ccc3c(c2O)C2(CC3)CCc3ccc(-c4ccc(C(C)(C)C)cc4)c(O)c32)cc1. The zero-order chi connectivity index (χ0) is 27.7. The first-order valence-electron chi connectivity index (χ1n) is 14.3. The van der Waals surface area contributed by atoms with E-state index in [1.54, 1.807) is 0 Å². The summed E-state index contributed by atoms with van der Waals surface area (Å²) >= 11 is 0. The minimum atomic E-state index is -0.360. The molecule has 0 aliphatic heterocycles. The van der Waals surface area contributed by atoms with Gasteiger partial charge in [0, 0.05) is 27.7 Å². The molecule has 2 heteroatoms. The highest BCUT2D eigenvalue weighted by molar-refractivity contribution is 5.79. The lowest BCUT2D eigenvalue weighted by atomic mass is 9.74. The van der Waals surface area contributed by atoms with Gasteiger partial charge in [0.25, 0.3) is 0 Å². The normalized spacial score (nSPS) is 15.9. The second-order valence-corrected chi connectivity index (χ2v) is 13.7. The van der Waals surface area contributed by atoms with Gasteiger partial charge in [-0.1, -0.05) is 114 Å². The molecule has 2 N–H and O–H groups in total. The van der Waals surface area contributed by atoms with E-state index >= 15 is 0 Å². The highest BCUT2D eigenvalue weighted by atomic mass is 16.3. The number of benzene rings is 4. The lowest BCUT2D eigenvalue weighted by molar-refractivity contribution is 0.418. The van der Waals surface area contributed by atoms with Gasteiger partial charge in [-0.15, -0.1) is 0 Å². The third-order valence-corrected chi connectivity index (χ3v) is 9.25. The van der Waals surface area contributed by atoms with Crippen molar-refractivity contribution in [1.29, 1.82) is 0 Å². The van der Waals surface area contributed by atoms with Crippen LogP contribution in [0.5, 0.6) is 11.5 Å². The van der Waals surface area contributed by atoms with E-state index in [1.807, 2.05) is 0 Å². The molecule has 0 aromatic heterocycles. The summed E-state index contributed by atoms with van der Waals surface area (Å²) in [7, 11) is 0. The summed E-state index contributed by atoms with van der Waals surface area (Å²) in [6.07, 6.45) is 3.65. The van der Waals surface area contributed by atoms with E-state index in [0.717, 1.165) is 59.1 Å². The van der Waals surface area contributed by atoms with Gasteiger partial charge in [-0.25, -0.2) is 0 Å². The van der Waals surface area contributed by atoms with Crippen molar-refractivity contribution in [3.8, 4) is 33.8 Å². The Balaban J connectivity index is 1.46. The summed E-state index contributed by atoms with van der Waals surface area (Å²) in [6.45, 7) is 13.3. The Bertz CT molecular complexity index is 1440. The van der Waals surface area contributed by atoms with E-state index in [1.165, 1.54) is 22.3 Å². The molecule has 200 valence electrons. The lowest BCUT2D eigenvalue weighted by Gasteiger charge is -2.29. The zero-order valence-corrected chi connectivity index (χ0v) is 24.2. The fourth-order valence-electron chi connectivity index (χ4n) is 6.96. The van der Waals surface area contributed by atoms with Gasteiger partial charge in [0.1, 0.15) is 11.5 Å². The number of fused-ring (bicyclic) bond motifs is 4. The van der Waals surface area contributed by atoms with Gasteiger partial charge in [-0.3, -0.25) is 0 Å². The van der Waals surface area contributed by atoms with Gasteiger partial charge in [-0.2, -0.15) is 0 Å². The van der Waals surface area contributed by atoms with Crippen LogP contribution in [0, 0.1) is 0 Å². The minimum Gasteiger partial charge on any atom is -0.507 e. The van der Waals surface area contributed by atoms with Crippen molar-refractivity contribution in [2.45, 2.75) is 83.5 Å². The first-order valence-corrected chi connectivity index (χ1v) is 14.3. The van der Waals surface area contributed by atoms with Crippen LogP contribution >= 0.6 is 0 Å². The van der Waals surface area contributed by atoms with Crippen LogP contribution in [-0.4, -0.2) is 10.2 Å². The van der Waals surface area contributed by atoms with Crippen molar-refractivity contribution < 1.29 is 10.2 Å². The predicted octanol–water partition coefficient (Wildman–Crippen LogP) is 9.21. The van der Waals surface area contributed by atoms with Crippen molar-refractivity contribution in [2.75, 3.05) is 0 Å². The second kappa shape index (κ2) is 8.74. The van der Waals surface area contributed by atoms with Crippen molar-refractivity contribution >= 4 is 0 Å². The number of rotatable bonds is 2. The van der Waals surface area contributed by atoms with Crippen molar-refractivity contribution in [1.82, 2.24) is 0 Å². The van der Waals surface area contributed by atoms with E-state index in [-0.39, 0.29) is 16.2 Å². The molecule has 0 amide bonds. The maximum atomic E-state index is 11.8. The first kappa shape index (κ1) is 25.7. The second-order valence-electron chi connectivity index (χ2n) is 13.7. The smallest absolute Gasteiger partial charge is 0.127 e. The average Bonchev–Trinajstić information content (AvgIpc) is 3.46. The molecule has 0 bridgehead atoms. The monoisotopic (exact) mass is 516 g/mol. The molecule has 39 heavy (non-hydrogen) atoms. The van der Waals surface area contributed by atoms with Crippen LogP contribution in [0.25, 0.3) is 22.3 Å². The van der Waals surface area contributed by atoms with Crippen molar-refractivity contribution in [3.05, 3.63) is 106 Å². The average molecular weight is 517 g/mol. The Labute approximate surface area is 233 Å². The summed E-state index contributed by atoms with van der Waals surface area (Å²) in [4.78, 5) is 0. The Kier molecular flexibility index (Phi) is 5.77. The quantitative estimate of drug-likeness (QED) is 0.279. The molecular weight excluding hydrogens is 476 g/mol. The van der Waals surface area contributed by atoms with Gasteiger partial charge in [0.15, 0.2) is 0 Å². The Morgan fingerprint density at radius 1 is 0.513 bits per heavy atom. The van der Waals surface area contributed by atoms with Crippen LogP contribution in [0.4, 0.5) is 0 Å². The molecule has 4 aromatic carbocycles. The molecule has 2 aliphatic carbocycles. The van der Waals surface area contributed by atoms with Gasteiger partial charge < -0.3 is 10.2 Å². The molecule has 0 saturated heterocycles. The molecule has 0 fully saturated rings. The molecular formula is C37H40O2. The highest BCUT2D eigenvalue weighted by Crippen LogP contribution is 2.59. The van der Waals surface area contributed by atoms with E-state index in [0.29, 0.717) is 11.5 Å². The molecule has 1 spiro atoms. The highest BCUT2D eigenvalue weighted by Gasteiger charge is 2.49. The Morgan fingerprint density at radius 2 is 0.872 bits per heavy atom. The first-order chi connectivity index (χ1) is 18.4. The largest absolute Gasteiger partial charge is 0.507 e.